The largest absolute Gasteiger partial charge is 0.494 e. The van der Waals surface area contributed by atoms with Gasteiger partial charge in [-0.25, -0.2) is 9.79 Å². The summed E-state index contributed by atoms with van der Waals surface area (Å²) < 4.78 is 16.4. The zero-order chi connectivity index (χ0) is 22.9. The Hall–Kier alpha value is -3.42. The molecule has 0 aliphatic carbocycles. The molecule has 8 heteroatoms. The van der Waals surface area contributed by atoms with Crippen LogP contribution in [0.5, 0.6) is 11.5 Å². The zero-order valence-corrected chi connectivity index (χ0v) is 19.2. The van der Waals surface area contributed by atoms with Crippen LogP contribution in [0.15, 0.2) is 41.4 Å². The molecule has 1 aliphatic heterocycles. The fourth-order valence-corrected chi connectivity index (χ4v) is 3.46. The van der Waals surface area contributed by atoms with E-state index in [0.29, 0.717) is 31.3 Å². The molecule has 1 heterocycles. The highest BCUT2D eigenvalue weighted by Crippen LogP contribution is 2.35. The molecule has 1 unspecified atom stereocenters. The first-order valence-electron chi connectivity index (χ1n) is 10.9. The lowest BCUT2D eigenvalue weighted by molar-refractivity contribution is 0.187. The maximum absolute atomic E-state index is 11.3. The number of nitrogens with zero attached hydrogens (tertiary/aromatic N) is 1. The van der Waals surface area contributed by atoms with Crippen LogP contribution >= 0.6 is 0 Å². The smallest absolute Gasteiger partial charge is 0.411 e. The van der Waals surface area contributed by atoms with Gasteiger partial charge in [0, 0.05) is 36.3 Å². The van der Waals surface area contributed by atoms with Gasteiger partial charge in [-0.2, -0.15) is 0 Å². The van der Waals surface area contributed by atoms with E-state index in [1.54, 1.807) is 0 Å². The van der Waals surface area contributed by atoms with Crippen LogP contribution in [-0.2, 0) is 24.2 Å². The molecule has 0 aromatic heterocycles. The van der Waals surface area contributed by atoms with Crippen molar-refractivity contribution in [2.75, 3.05) is 25.6 Å². The predicted octanol–water partition coefficient (Wildman–Crippen LogP) is 3.84. The van der Waals surface area contributed by atoms with Gasteiger partial charge in [-0.3, -0.25) is 5.32 Å². The van der Waals surface area contributed by atoms with E-state index in [0.717, 1.165) is 35.6 Å². The van der Waals surface area contributed by atoms with Crippen molar-refractivity contribution < 1.29 is 19.0 Å². The number of fused-ring (bicyclic) bond motifs is 1. The molecule has 1 atom stereocenters. The summed E-state index contributed by atoms with van der Waals surface area (Å²) in [6, 6.07) is 11.6. The monoisotopic (exact) mass is 440 g/mol. The molecule has 0 saturated heterocycles. The molecule has 0 spiro atoms. The van der Waals surface area contributed by atoms with Crippen LogP contribution in [0.1, 0.15) is 37.5 Å². The Morgan fingerprint density at radius 3 is 2.66 bits per heavy atom. The Labute approximate surface area is 189 Å². The second-order valence-electron chi connectivity index (χ2n) is 7.50. The summed E-state index contributed by atoms with van der Waals surface area (Å²) in [7, 11) is 1.33. The van der Waals surface area contributed by atoms with E-state index in [4.69, 9.17) is 9.47 Å². The van der Waals surface area contributed by atoms with Crippen molar-refractivity contribution in [2.45, 2.75) is 46.4 Å². The van der Waals surface area contributed by atoms with Crippen molar-refractivity contribution in [3.8, 4) is 11.5 Å². The fraction of sp³-hybridized carbons (Fsp3) is 0.417. The van der Waals surface area contributed by atoms with Crippen LogP contribution in [-0.4, -0.2) is 38.4 Å². The van der Waals surface area contributed by atoms with Crippen LogP contribution in [0.25, 0.3) is 0 Å². The van der Waals surface area contributed by atoms with Gasteiger partial charge in [-0.05, 0) is 50.6 Å². The van der Waals surface area contributed by atoms with E-state index in [1.807, 2.05) is 38.1 Å². The average molecular weight is 441 g/mol. The van der Waals surface area contributed by atoms with E-state index >= 15 is 0 Å². The average Bonchev–Trinajstić information content (AvgIpc) is 3.15. The molecule has 0 radical (unpaired) electrons. The standard InChI is InChI=1S/C24H32N4O4/c1-5-25-23(26-14-17-7-9-20(10-8-17)28-24(29)30-4)27-15-19-13-22-18(11-16(3)32-22)12-21(19)31-6-2/h7-10,12-13,16H,5-6,11,14-15H2,1-4H3,(H,28,29)(H2,25,26,27). The van der Waals surface area contributed by atoms with Crippen molar-refractivity contribution in [3.05, 3.63) is 53.1 Å². The van der Waals surface area contributed by atoms with E-state index in [-0.39, 0.29) is 6.10 Å². The molecule has 0 fully saturated rings. The van der Waals surface area contributed by atoms with E-state index in [2.05, 4.69) is 44.7 Å². The van der Waals surface area contributed by atoms with Gasteiger partial charge < -0.3 is 24.8 Å². The van der Waals surface area contributed by atoms with Gasteiger partial charge in [0.05, 0.1) is 20.3 Å². The number of carbonyl (C=O) groups excluding carboxylic acids is 1. The summed E-state index contributed by atoms with van der Waals surface area (Å²) in [5.41, 5.74) is 3.91. The lowest BCUT2D eigenvalue weighted by atomic mass is 10.1. The van der Waals surface area contributed by atoms with Crippen molar-refractivity contribution in [1.29, 1.82) is 0 Å². The number of aliphatic imine (C=N–C) groups is 1. The Kier molecular flexibility index (Phi) is 8.19. The summed E-state index contributed by atoms with van der Waals surface area (Å²) in [5, 5.41) is 9.29. The summed E-state index contributed by atoms with van der Waals surface area (Å²) in [5.74, 6) is 2.52. The topological polar surface area (TPSA) is 93.2 Å². The van der Waals surface area contributed by atoms with Crippen LogP contribution in [0.4, 0.5) is 10.5 Å². The molecule has 2 aromatic rings. The predicted molar refractivity (Wildman–Crippen MR) is 126 cm³/mol. The number of methoxy groups -OCH3 is 1. The van der Waals surface area contributed by atoms with E-state index < -0.39 is 6.09 Å². The van der Waals surface area contributed by atoms with Crippen LogP contribution in [0, 0.1) is 0 Å². The number of amides is 1. The van der Waals surface area contributed by atoms with Crippen molar-refractivity contribution in [3.63, 3.8) is 0 Å². The quantitative estimate of drug-likeness (QED) is 0.427. The molecule has 172 valence electrons. The highest BCUT2D eigenvalue weighted by atomic mass is 16.5. The fourth-order valence-electron chi connectivity index (χ4n) is 3.46. The maximum Gasteiger partial charge on any atom is 0.411 e. The first-order chi connectivity index (χ1) is 15.5. The molecule has 1 aliphatic rings. The highest BCUT2D eigenvalue weighted by molar-refractivity contribution is 5.84. The number of hydrogen-bond donors (Lipinski definition) is 3. The molecule has 0 bridgehead atoms. The summed E-state index contributed by atoms with van der Waals surface area (Å²) in [6.45, 7) is 8.51. The number of rotatable bonds is 8. The number of anilines is 1. The number of hydrogen-bond acceptors (Lipinski definition) is 5. The molecular weight excluding hydrogens is 408 g/mol. The lowest BCUT2D eigenvalue weighted by Gasteiger charge is -2.15. The third-order valence-electron chi connectivity index (χ3n) is 4.97. The Bertz CT molecular complexity index is 944. The Balaban J connectivity index is 1.66. The van der Waals surface area contributed by atoms with Gasteiger partial charge in [-0.15, -0.1) is 0 Å². The maximum atomic E-state index is 11.3. The summed E-state index contributed by atoms with van der Waals surface area (Å²) >= 11 is 0. The van der Waals surface area contributed by atoms with Crippen LogP contribution in [0.3, 0.4) is 0 Å². The molecule has 2 aromatic carbocycles. The number of nitrogens with one attached hydrogen (secondary N) is 3. The number of carbonyl (C=O) groups is 1. The van der Waals surface area contributed by atoms with Gasteiger partial charge in [0.25, 0.3) is 0 Å². The second-order valence-corrected chi connectivity index (χ2v) is 7.50. The van der Waals surface area contributed by atoms with Crippen LogP contribution in [0.2, 0.25) is 0 Å². The minimum Gasteiger partial charge on any atom is -0.494 e. The molecule has 3 N–H and O–H groups in total. The zero-order valence-electron chi connectivity index (χ0n) is 19.2. The SMILES string of the molecule is CCNC(=NCc1ccc(NC(=O)OC)cc1)NCc1cc2c(cc1OCC)CC(C)O2. The van der Waals surface area contributed by atoms with Gasteiger partial charge in [-0.1, -0.05) is 12.1 Å². The molecule has 0 saturated carbocycles. The van der Waals surface area contributed by atoms with Crippen LogP contribution < -0.4 is 25.4 Å². The lowest BCUT2D eigenvalue weighted by Crippen LogP contribution is -2.36. The number of ether oxygens (including phenoxy) is 3. The third kappa shape index (κ3) is 6.29. The summed E-state index contributed by atoms with van der Waals surface area (Å²) in [4.78, 5) is 16.0. The minimum absolute atomic E-state index is 0.191. The second kappa shape index (κ2) is 11.3. The Morgan fingerprint density at radius 1 is 1.19 bits per heavy atom. The highest BCUT2D eigenvalue weighted by Gasteiger charge is 2.21. The van der Waals surface area contributed by atoms with E-state index in [1.165, 1.54) is 12.7 Å². The first-order valence-corrected chi connectivity index (χ1v) is 10.9. The van der Waals surface area contributed by atoms with Gasteiger partial charge in [0.1, 0.15) is 17.6 Å². The Morgan fingerprint density at radius 2 is 1.97 bits per heavy atom. The number of guanidine groups is 1. The van der Waals surface area contributed by atoms with E-state index in [9.17, 15) is 4.79 Å². The minimum atomic E-state index is -0.493. The van der Waals surface area contributed by atoms with Crippen molar-refractivity contribution >= 4 is 17.7 Å². The molecule has 32 heavy (non-hydrogen) atoms. The molecule has 8 nitrogen and oxygen atoms in total. The molecule has 1 amide bonds. The van der Waals surface area contributed by atoms with Crippen molar-refractivity contribution in [1.82, 2.24) is 10.6 Å². The first kappa shape index (κ1) is 23.2. The molecular formula is C24H32N4O4. The van der Waals surface area contributed by atoms with Gasteiger partial charge in [0.15, 0.2) is 5.96 Å². The number of benzene rings is 2. The summed E-state index contributed by atoms with van der Waals surface area (Å²) in [6.07, 6.45) is 0.601. The van der Waals surface area contributed by atoms with Gasteiger partial charge >= 0.3 is 6.09 Å². The third-order valence-corrected chi connectivity index (χ3v) is 4.97. The normalized spacial score (nSPS) is 14.9. The van der Waals surface area contributed by atoms with Crippen molar-refractivity contribution in [2.24, 2.45) is 4.99 Å². The van der Waals surface area contributed by atoms with Gasteiger partial charge in [0.2, 0.25) is 0 Å². The molecule has 3 rings (SSSR count).